The lowest BCUT2D eigenvalue weighted by Crippen LogP contribution is -2.26. The Balaban J connectivity index is 0.00000200. The first kappa shape index (κ1) is 17.1. The van der Waals surface area contributed by atoms with Gasteiger partial charge in [-0.15, -0.1) is 12.4 Å². The summed E-state index contributed by atoms with van der Waals surface area (Å²) in [5.41, 5.74) is -0.0369. The highest BCUT2D eigenvalue weighted by Gasteiger charge is 2.17. The number of amides is 1. The fourth-order valence-electron chi connectivity index (χ4n) is 2.14. The zero-order chi connectivity index (χ0) is 13.8. The quantitative estimate of drug-likeness (QED) is 0.836. The van der Waals surface area contributed by atoms with E-state index in [2.05, 4.69) is 10.6 Å². The highest BCUT2D eigenvalue weighted by Crippen LogP contribution is 2.20. The van der Waals surface area contributed by atoms with Crippen molar-refractivity contribution < 1.29 is 13.6 Å². The van der Waals surface area contributed by atoms with Gasteiger partial charge in [-0.2, -0.15) is 0 Å². The van der Waals surface area contributed by atoms with E-state index in [1.807, 2.05) is 0 Å². The second-order valence-electron chi connectivity index (χ2n) is 4.65. The molecular weight excluding hydrogens is 309 g/mol. The molecule has 2 rings (SSSR count). The van der Waals surface area contributed by atoms with Crippen LogP contribution < -0.4 is 10.6 Å². The lowest BCUT2D eigenvalue weighted by atomic mass is 10.1. The third-order valence-electron chi connectivity index (χ3n) is 3.26. The van der Waals surface area contributed by atoms with Crippen molar-refractivity contribution >= 4 is 29.9 Å². The van der Waals surface area contributed by atoms with Crippen LogP contribution in [0.1, 0.15) is 23.2 Å². The van der Waals surface area contributed by atoms with Crippen LogP contribution in [0.25, 0.3) is 0 Å². The second-order valence-corrected chi connectivity index (χ2v) is 5.06. The Kier molecular flexibility index (Phi) is 6.65. The summed E-state index contributed by atoms with van der Waals surface area (Å²) in [5, 5.41) is 5.83. The van der Waals surface area contributed by atoms with Gasteiger partial charge in [0.1, 0.15) is 0 Å². The molecule has 1 aliphatic rings. The number of nitrogens with one attached hydrogen (secondary N) is 2. The van der Waals surface area contributed by atoms with Gasteiger partial charge in [0.2, 0.25) is 0 Å². The van der Waals surface area contributed by atoms with Gasteiger partial charge in [0.05, 0.1) is 10.6 Å². The van der Waals surface area contributed by atoms with E-state index < -0.39 is 17.5 Å². The average Bonchev–Trinajstić information content (AvgIpc) is 2.86. The Morgan fingerprint density at radius 3 is 2.75 bits per heavy atom. The van der Waals surface area contributed by atoms with Crippen LogP contribution in [0, 0.1) is 17.6 Å². The van der Waals surface area contributed by atoms with Gasteiger partial charge in [0.25, 0.3) is 5.91 Å². The molecular formula is C13H16Cl2F2N2O. The molecule has 0 radical (unpaired) electrons. The molecule has 112 valence electrons. The molecule has 0 bridgehead atoms. The molecule has 1 unspecified atom stereocenters. The number of rotatable bonds is 4. The van der Waals surface area contributed by atoms with Gasteiger partial charge in [0.15, 0.2) is 11.6 Å². The Morgan fingerprint density at radius 2 is 2.10 bits per heavy atom. The van der Waals surface area contributed by atoms with E-state index >= 15 is 0 Å². The molecule has 0 aliphatic carbocycles. The molecule has 0 aromatic heterocycles. The van der Waals surface area contributed by atoms with Crippen LogP contribution in [0.5, 0.6) is 0 Å². The van der Waals surface area contributed by atoms with Gasteiger partial charge in [-0.25, -0.2) is 8.78 Å². The summed E-state index contributed by atoms with van der Waals surface area (Å²) in [4.78, 5) is 11.8. The molecule has 1 atom stereocenters. The van der Waals surface area contributed by atoms with Crippen molar-refractivity contribution in [3.63, 3.8) is 0 Å². The number of hydrogen-bond donors (Lipinski definition) is 2. The van der Waals surface area contributed by atoms with Crippen molar-refractivity contribution in [1.29, 1.82) is 0 Å². The van der Waals surface area contributed by atoms with Crippen molar-refractivity contribution in [1.82, 2.24) is 10.6 Å². The Morgan fingerprint density at radius 1 is 1.40 bits per heavy atom. The van der Waals surface area contributed by atoms with Crippen molar-refractivity contribution in [2.45, 2.75) is 12.8 Å². The minimum absolute atomic E-state index is 0. The van der Waals surface area contributed by atoms with E-state index in [1.54, 1.807) is 0 Å². The zero-order valence-electron chi connectivity index (χ0n) is 10.7. The molecule has 1 aliphatic heterocycles. The highest BCUT2D eigenvalue weighted by atomic mass is 35.5. The van der Waals surface area contributed by atoms with Gasteiger partial charge in [-0.1, -0.05) is 11.6 Å². The molecule has 20 heavy (non-hydrogen) atoms. The molecule has 1 heterocycles. The molecule has 2 N–H and O–H groups in total. The predicted octanol–water partition coefficient (Wildman–Crippen LogP) is 2.77. The maximum atomic E-state index is 13.1. The first-order chi connectivity index (χ1) is 9.08. The molecule has 1 fully saturated rings. The largest absolute Gasteiger partial charge is 0.352 e. The van der Waals surface area contributed by atoms with Crippen LogP contribution in [0.3, 0.4) is 0 Å². The van der Waals surface area contributed by atoms with Crippen LogP contribution in [-0.2, 0) is 0 Å². The van der Waals surface area contributed by atoms with Crippen molar-refractivity contribution in [2.24, 2.45) is 5.92 Å². The third-order valence-corrected chi connectivity index (χ3v) is 3.57. The van der Waals surface area contributed by atoms with Gasteiger partial charge < -0.3 is 10.6 Å². The molecule has 0 spiro atoms. The summed E-state index contributed by atoms with van der Waals surface area (Å²) in [6.45, 7) is 2.47. The Hall–Kier alpha value is -0.910. The summed E-state index contributed by atoms with van der Waals surface area (Å²) in [6, 6.07) is 1.64. The minimum atomic E-state index is -1.07. The number of carbonyl (C=O) groups is 1. The summed E-state index contributed by atoms with van der Waals surface area (Å²) in [7, 11) is 0. The van der Waals surface area contributed by atoms with Crippen LogP contribution >= 0.6 is 24.0 Å². The zero-order valence-corrected chi connectivity index (χ0v) is 12.3. The topological polar surface area (TPSA) is 41.1 Å². The summed E-state index contributed by atoms with van der Waals surface area (Å²) < 4.78 is 25.9. The molecule has 1 aromatic rings. The van der Waals surface area contributed by atoms with Crippen LogP contribution in [-0.4, -0.2) is 25.5 Å². The summed E-state index contributed by atoms with van der Waals surface area (Å²) in [6.07, 6.45) is 1.96. The lowest BCUT2D eigenvalue weighted by molar-refractivity contribution is 0.0951. The van der Waals surface area contributed by atoms with E-state index in [4.69, 9.17) is 11.6 Å². The van der Waals surface area contributed by atoms with Crippen LogP contribution in [0.4, 0.5) is 8.78 Å². The normalized spacial score (nSPS) is 17.6. The second kappa shape index (κ2) is 7.76. The summed E-state index contributed by atoms with van der Waals surface area (Å²) >= 11 is 5.72. The number of hydrogen-bond acceptors (Lipinski definition) is 2. The Labute approximate surface area is 127 Å². The fraction of sp³-hybridized carbons (Fsp3) is 0.462. The predicted molar refractivity (Wildman–Crippen MR) is 76.5 cm³/mol. The fourth-order valence-corrected chi connectivity index (χ4v) is 2.38. The van der Waals surface area contributed by atoms with Gasteiger partial charge in [-0.05, 0) is 44.0 Å². The number of halogens is 4. The standard InChI is InChI=1S/C13H15ClF2N2O.ClH/c14-10-6-12(16)11(15)5-9(10)13(19)18-4-2-8-1-3-17-7-8;/h5-6,8,17H,1-4,7H2,(H,18,19);1H. The smallest absolute Gasteiger partial charge is 0.252 e. The molecule has 1 amide bonds. The molecule has 0 saturated carbocycles. The van der Waals surface area contributed by atoms with Gasteiger partial charge in [0, 0.05) is 6.54 Å². The molecule has 3 nitrogen and oxygen atoms in total. The highest BCUT2D eigenvalue weighted by molar-refractivity contribution is 6.33. The van der Waals surface area contributed by atoms with Gasteiger partial charge >= 0.3 is 0 Å². The van der Waals surface area contributed by atoms with Crippen molar-refractivity contribution in [2.75, 3.05) is 19.6 Å². The minimum Gasteiger partial charge on any atom is -0.352 e. The van der Waals surface area contributed by atoms with E-state index in [-0.39, 0.29) is 23.0 Å². The van der Waals surface area contributed by atoms with Crippen LogP contribution in [0.2, 0.25) is 5.02 Å². The monoisotopic (exact) mass is 324 g/mol. The maximum absolute atomic E-state index is 13.1. The van der Waals surface area contributed by atoms with E-state index in [0.29, 0.717) is 12.5 Å². The van der Waals surface area contributed by atoms with Crippen LogP contribution in [0.15, 0.2) is 12.1 Å². The number of carbonyl (C=O) groups excluding carboxylic acids is 1. The Bertz CT molecular complexity index is 480. The average molecular weight is 325 g/mol. The van der Waals surface area contributed by atoms with E-state index in [9.17, 15) is 13.6 Å². The first-order valence-electron chi connectivity index (χ1n) is 6.21. The molecule has 7 heteroatoms. The van der Waals surface area contributed by atoms with E-state index in [0.717, 1.165) is 38.1 Å². The maximum Gasteiger partial charge on any atom is 0.252 e. The first-order valence-corrected chi connectivity index (χ1v) is 6.59. The van der Waals surface area contributed by atoms with Crippen molar-refractivity contribution in [3.8, 4) is 0 Å². The number of benzene rings is 1. The van der Waals surface area contributed by atoms with Crippen molar-refractivity contribution in [3.05, 3.63) is 34.4 Å². The van der Waals surface area contributed by atoms with E-state index in [1.165, 1.54) is 0 Å². The third kappa shape index (κ3) is 4.30. The summed E-state index contributed by atoms with van der Waals surface area (Å²) in [5.74, 6) is -2.05. The van der Waals surface area contributed by atoms with Gasteiger partial charge in [-0.3, -0.25) is 4.79 Å². The lowest BCUT2D eigenvalue weighted by Gasteiger charge is -2.10. The molecule has 1 saturated heterocycles. The SMILES string of the molecule is Cl.O=C(NCCC1CCNC1)c1cc(F)c(F)cc1Cl. The molecule has 1 aromatic carbocycles.